The van der Waals surface area contributed by atoms with E-state index in [2.05, 4.69) is 20.9 Å². The van der Waals surface area contributed by atoms with Gasteiger partial charge in [-0.2, -0.15) is 7.05 Å². The summed E-state index contributed by atoms with van der Waals surface area (Å²) in [7, 11) is 3.98. The van der Waals surface area contributed by atoms with E-state index in [4.69, 9.17) is 0 Å². The van der Waals surface area contributed by atoms with Crippen LogP contribution in [0.3, 0.4) is 0 Å². The van der Waals surface area contributed by atoms with E-state index >= 15 is 0 Å². The third-order valence-corrected chi connectivity index (χ3v) is 2.31. The van der Waals surface area contributed by atoms with Gasteiger partial charge in [0, 0.05) is 0 Å². The van der Waals surface area contributed by atoms with Crippen molar-refractivity contribution in [2.24, 2.45) is 5.41 Å². The molecule has 0 atom stereocenters. The predicted octanol–water partition coefficient (Wildman–Crippen LogP) is 1.51. The van der Waals surface area contributed by atoms with Crippen LogP contribution in [0.15, 0.2) is 0 Å². The molecule has 0 aliphatic carbocycles. The molecule has 0 aromatic rings. The molecule has 1 heteroatoms. The van der Waals surface area contributed by atoms with E-state index in [-0.39, 0.29) is 0 Å². The van der Waals surface area contributed by atoms with E-state index in [1.54, 1.807) is 0 Å². The molecule has 0 bridgehead atoms. The number of nitrogens with one attached hydrogen (secondary N) is 1. The van der Waals surface area contributed by atoms with Crippen LogP contribution >= 0.6 is 0 Å². The zero-order valence-corrected chi connectivity index (χ0v) is 8.54. The lowest BCUT2D eigenvalue weighted by Crippen LogP contribution is -3.08. The minimum Gasteiger partial charge on any atom is -0.468 e. The zero-order chi connectivity index (χ0) is 8.91. The van der Waals surface area contributed by atoms with Crippen molar-refractivity contribution in [3.8, 4) is 0 Å². The maximum absolute atomic E-state index is 3.98. The highest BCUT2D eigenvalue weighted by molar-refractivity contribution is 4.69. The molecule has 0 aromatic heterocycles. The second-order valence-electron chi connectivity index (χ2n) is 3.91. The van der Waals surface area contributed by atoms with Gasteiger partial charge < -0.3 is 4.90 Å². The zero-order valence-electron chi connectivity index (χ0n) is 8.54. The summed E-state index contributed by atoms with van der Waals surface area (Å²) in [5.41, 5.74) is 0.598. The highest BCUT2D eigenvalue weighted by Gasteiger charge is 2.23. The summed E-state index contributed by atoms with van der Waals surface area (Å²) < 4.78 is 0. The fraction of sp³-hybridized carbons (Fsp3) is 0.900. The van der Waals surface area contributed by atoms with Crippen LogP contribution in [0.1, 0.15) is 40.5 Å². The quantitative estimate of drug-likeness (QED) is 0.508. The summed E-state index contributed by atoms with van der Waals surface area (Å²) >= 11 is 0. The first kappa shape index (κ1) is 11.0. The Balaban J connectivity index is 0.000000461. The maximum atomic E-state index is 3.98. The monoisotopic (exact) mass is 157 g/mol. The van der Waals surface area contributed by atoms with E-state index in [9.17, 15) is 0 Å². The number of rotatable bonds is 0. The number of quaternary nitrogens is 1. The minimum absolute atomic E-state index is 0.598. The van der Waals surface area contributed by atoms with Crippen molar-refractivity contribution in [1.29, 1.82) is 0 Å². The number of piperidine rings is 1. The molecule has 1 N–H and O–H groups in total. The summed E-state index contributed by atoms with van der Waals surface area (Å²) in [6, 6.07) is 0. The Morgan fingerprint density at radius 3 is 1.73 bits per heavy atom. The van der Waals surface area contributed by atoms with Crippen LogP contribution < -0.4 is 4.90 Å². The first-order valence-electron chi connectivity index (χ1n) is 4.77. The van der Waals surface area contributed by atoms with Gasteiger partial charge in [-0.1, -0.05) is 27.7 Å². The van der Waals surface area contributed by atoms with Crippen LogP contribution in [0.2, 0.25) is 0 Å². The molecule has 1 fully saturated rings. The summed E-state index contributed by atoms with van der Waals surface area (Å²) in [6.07, 6.45) is 2.68. The number of likely N-dealkylation sites (tertiary alicyclic amines) is 1. The van der Waals surface area contributed by atoms with Gasteiger partial charge in [-0.05, 0) is 18.3 Å². The molecule has 0 unspecified atom stereocenters. The van der Waals surface area contributed by atoms with Gasteiger partial charge in [0.15, 0.2) is 0 Å². The summed E-state index contributed by atoms with van der Waals surface area (Å²) in [4.78, 5) is 1.45. The average Bonchev–Trinajstić information content (AvgIpc) is 2.00. The molecule has 1 nitrogen and oxygen atoms in total. The molecule has 0 saturated carbocycles. The Kier molecular flexibility index (Phi) is 4.74. The minimum atomic E-state index is 0.598. The van der Waals surface area contributed by atoms with Crippen molar-refractivity contribution in [3.63, 3.8) is 0 Å². The van der Waals surface area contributed by atoms with Crippen molar-refractivity contribution < 1.29 is 4.90 Å². The molecule has 68 valence electrons. The highest BCUT2D eigenvalue weighted by Crippen LogP contribution is 2.24. The summed E-state index contributed by atoms with van der Waals surface area (Å²) in [5.74, 6) is 0. The van der Waals surface area contributed by atoms with Crippen LogP contribution in [0.4, 0.5) is 0 Å². The van der Waals surface area contributed by atoms with Crippen LogP contribution in [-0.2, 0) is 0 Å². The Morgan fingerprint density at radius 1 is 1.09 bits per heavy atom. The fourth-order valence-electron chi connectivity index (χ4n) is 1.28. The van der Waals surface area contributed by atoms with E-state index in [0.717, 1.165) is 0 Å². The molecule has 11 heavy (non-hydrogen) atoms. The molecule has 0 aromatic carbocycles. The Labute approximate surface area is 71.8 Å². The van der Waals surface area contributed by atoms with Crippen molar-refractivity contribution >= 4 is 0 Å². The third kappa shape index (κ3) is 4.41. The Bertz CT molecular complexity index is 87.0. The second kappa shape index (κ2) is 4.76. The smallest absolute Gasteiger partial charge is 0.0535 e. The molecule has 1 aliphatic heterocycles. The topological polar surface area (TPSA) is 4.44 Å². The van der Waals surface area contributed by atoms with E-state index in [1.165, 1.54) is 30.8 Å². The van der Waals surface area contributed by atoms with Crippen LogP contribution in [0, 0.1) is 12.5 Å². The Morgan fingerprint density at radius 2 is 1.45 bits per heavy atom. The molecule has 1 heterocycles. The molecule has 1 saturated heterocycles. The van der Waals surface area contributed by atoms with Gasteiger partial charge in [-0.15, -0.1) is 0 Å². The molecule has 0 radical (unpaired) electrons. The highest BCUT2D eigenvalue weighted by atomic mass is 15.1. The van der Waals surface area contributed by atoms with Crippen LogP contribution in [0.25, 0.3) is 0 Å². The lowest BCUT2D eigenvalue weighted by Gasteiger charge is -2.35. The van der Waals surface area contributed by atoms with Crippen molar-refractivity contribution in [2.75, 3.05) is 13.1 Å². The average molecular weight is 157 g/mol. The largest absolute Gasteiger partial charge is 0.468 e. The molecular weight excluding hydrogens is 134 g/mol. The van der Waals surface area contributed by atoms with E-state index in [1.807, 2.05) is 13.8 Å². The first-order chi connectivity index (χ1) is 5.10. The van der Waals surface area contributed by atoms with E-state index in [0.29, 0.717) is 5.41 Å². The van der Waals surface area contributed by atoms with Crippen molar-refractivity contribution in [2.45, 2.75) is 40.5 Å². The van der Waals surface area contributed by atoms with Gasteiger partial charge in [0.05, 0.1) is 13.1 Å². The molecule has 0 spiro atoms. The van der Waals surface area contributed by atoms with Gasteiger partial charge in [-0.3, -0.25) is 0 Å². The Hall–Kier alpha value is -0.0400. The summed E-state index contributed by atoms with van der Waals surface area (Å²) in [6.45, 7) is 11.2. The van der Waals surface area contributed by atoms with Gasteiger partial charge in [0.2, 0.25) is 0 Å². The molecular formula is C10H23N. The van der Waals surface area contributed by atoms with Crippen LogP contribution in [-0.4, -0.2) is 13.1 Å². The third-order valence-electron chi connectivity index (χ3n) is 2.31. The lowest BCUT2D eigenvalue weighted by atomic mass is 9.83. The molecule has 0 amide bonds. The van der Waals surface area contributed by atoms with Crippen molar-refractivity contribution in [1.82, 2.24) is 0 Å². The van der Waals surface area contributed by atoms with Gasteiger partial charge in [-0.25, -0.2) is 0 Å². The normalized spacial score (nSPS) is 23.7. The van der Waals surface area contributed by atoms with E-state index < -0.39 is 0 Å². The van der Waals surface area contributed by atoms with Crippen molar-refractivity contribution in [3.05, 3.63) is 7.05 Å². The molecule has 1 aliphatic rings. The summed E-state index contributed by atoms with van der Waals surface area (Å²) in [5, 5.41) is 0. The van der Waals surface area contributed by atoms with Crippen LogP contribution in [0.5, 0.6) is 0 Å². The SMILES string of the molecule is CC.[CH2-][NH+]1CCC(C)(C)CC1. The maximum Gasteiger partial charge on any atom is 0.0535 e. The van der Waals surface area contributed by atoms with Gasteiger partial charge in [0.1, 0.15) is 0 Å². The van der Waals surface area contributed by atoms with Gasteiger partial charge >= 0.3 is 0 Å². The first-order valence-corrected chi connectivity index (χ1v) is 4.77. The fourth-order valence-corrected chi connectivity index (χ4v) is 1.28. The number of hydrogen-bond acceptors (Lipinski definition) is 0. The predicted molar refractivity (Wildman–Crippen MR) is 50.4 cm³/mol. The number of hydrogen-bond donors (Lipinski definition) is 1. The van der Waals surface area contributed by atoms with Gasteiger partial charge in [0.25, 0.3) is 0 Å². The standard InChI is InChI=1S/C8H17N.C2H6/c1-8(2)4-6-9(3)7-5-8;1-2/h9H,3-7H2,1-2H3;1-2H3. The second-order valence-corrected chi connectivity index (χ2v) is 3.91. The molecule has 1 rings (SSSR count). The lowest BCUT2D eigenvalue weighted by molar-refractivity contribution is -0.861.